The number of hydrogen-bond acceptors (Lipinski definition) is 2. The van der Waals surface area contributed by atoms with Crippen LogP contribution in [0.15, 0.2) is 18.2 Å². The van der Waals surface area contributed by atoms with Crippen molar-refractivity contribution < 1.29 is 9.59 Å². The highest BCUT2D eigenvalue weighted by molar-refractivity contribution is 6.43. The van der Waals surface area contributed by atoms with Crippen LogP contribution in [0.3, 0.4) is 0 Å². The van der Waals surface area contributed by atoms with Crippen molar-refractivity contribution in [1.29, 1.82) is 0 Å². The van der Waals surface area contributed by atoms with Gasteiger partial charge in [-0.25, -0.2) is 0 Å². The van der Waals surface area contributed by atoms with E-state index in [0.717, 1.165) is 25.7 Å². The fraction of sp³-hybridized carbons (Fsp3) is 0.500. The van der Waals surface area contributed by atoms with Crippen LogP contribution in [0, 0.1) is 5.92 Å². The Hall–Kier alpha value is -1.06. The van der Waals surface area contributed by atoms with Gasteiger partial charge in [-0.3, -0.25) is 9.59 Å². The molecule has 1 saturated carbocycles. The fourth-order valence-electron chi connectivity index (χ4n) is 3.54. The molecule has 1 aromatic carbocycles. The number of Topliss-reactive ketones (excluding diaryl/α,β-unsaturated/α-hetero) is 1. The molecule has 5 heteroatoms. The SMILES string of the molecule is O=C1CCCC1C1CCCN1C(=O)c1cccc(Cl)c1Cl. The van der Waals surface area contributed by atoms with E-state index in [0.29, 0.717) is 34.4 Å². The molecule has 1 aliphatic carbocycles. The molecule has 2 unspecified atom stereocenters. The Morgan fingerprint density at radius 2 is 2.00 bits per heavy atom. The second kappa shape index (κ2) is 5.98. The van der Waals surface area contributed by atoms with E-state index in [2.05, 4.69) is 0 Å². The Balaban J connectivity index is 1.86. The van der Waals surface area contributed by atoms with Gasteiger partial charge in [-0.15, -0.1) is 0 Å². The first-order chi connectivity index (χ1) is 10.1. The van der Waals surface area contributed by atoms with E-state index in [1.165, 1.54) is 0 Å². The van der Waals surface area contributed by atoms with Gasteiger partial charge in [0.05, 0.1) is 15.6 Å². The lowest BCUT2D eigenvalue weighted by Crippen LogP contribution is -2.41. The van der Waals surface area contributed by atoms with Gasteiger partial charge in [-0.2, -0.15) is 0 Å². The number of amides is 1. The van der Waals surface area contributed by atoms with Gasteiger partial charge in [0.15, 0.2) is 0 Å². The quantitative estimate of drug-likeness (QED) is 0.825. The molecule has 1 amide bonds. The van der Waals surface area contributed by atoms with Gasteiger partial charge in [0.25, 0.3) is 5.91 Å². The van der Waals surface area contributed by atoms with E-state index in [-0.39, 0.29) is 17.9 Å². The van der Waals surface area contributed by atoms with Crippen LogP contribution in [0.25, 0.3) is 0 Å². The zero-order chi connectivity index (χ0) is 15.0. The molecule has 3 rings (SSSR count). The molecule has 2 fully saturated rings. The van der Waals surface area contributed by atoms with Crippen LogP contribution in [0.2, 0.25) is 10.0 Å². The van der Waals surface area contributed by atoms with Crippen LogP contribution >= 0.6 is 23.2 Å². The van der Waals surface area contributed by atoms with Crippen molar-refractivity contribution in [3.63, 3.8) is 0 Å². The van der Waals surface area contributed by atoms with Gasteiger partial charge in [0.1, 0.15) is 5.78 Å². The van der Waals surface area contributed by atoms with Crippen molar-refractivity contribution in [2.75, 3.05) is 6.54 Å². The molecule has 2 aliphatic rings. The predicted molar refractivity (Wildman–Crippen MR) is 82.9 cm³/mol. The lowest BCUT2D eigenvalue weighted by molar-refractivity contribution is -0.121. The summed E-state index contributed by atoms with van der Waals surface area (Å²) in [7, 11) is 0. The van der Waals surface area contributed by atoms with E-state index in [4.69, 9.17) is 23.2 Å². The molecule has 21 heavy (non-hydrogen) atoms. The molecule has 0 N–H and O–H groups in total. The predicted octanol–water partition coefficient (Wildman–Crippen LogP) is 3.97. The van der Waals surface area contributed by atoms with Crippen molar-refractivity contribution in [1.82, 2.24) is 4.90 Å². The van der Waals surface area contributed by atoms with Gasteiger partial charge in [-0.05, 0) is 37.8 Å². The molecule has 0 spiro atoms. The second-order valence-corrected chi connectivity index (χ2v) is 6.56. The zero-order valence-electron chi connectivity index (χ0n) is 11.6. The van der Waals surface area contributed by atoms with Gasteiger partial charge in [0.2, 0.25) is 0 Å². The van der Waals surface area contributed by atoms with Crippen LogP contribution in [0.1, 0.15) is 42.5 Å². The summed E-state index contributed by atoms with van der Waals surface area (Å²) in [6.07, 6.45) is 4.34. The summed E-state index contributed by atoms with van der Waals surface area (Å²) in [5, 5.41) is 0.683. The molecule has 0 radical (unpaired) electrons. The molecule has 3 nitrogen and oxygen atoms in total. The summed E-state index contributed by atoms with van der Waals surface area (Å²) in [6, 6.07) is 5.13. The number of rotatable bonds is 2. The topological polar surface area (TPSA) is 37.4 Å². The summed E-state index contributed by atoms with van der Waals surface area (Å²) in [5.74, 6) is 0.205. The maximum Gasteiger partial charge on any atom is 0.255 e. The number of carbonyl (C=O) groups is 2. The second-order valence-electron chi connectivity index (χ2n) is 5.77. The maximum atomic E-state index is 12.8. The van der Waals surface area contributed by atoms with Gasteiger partial charge >= 0.3 is 0 Å². The highest BCUT2D eigenvalue weighted by atomic mass is 35.5. The molecular formula is C16H17Cl2NO2. The van der Waals surface area contributed by atoms with Crippen molar-refractivity contribution in [2.45, 2.75) is 38.1 Å². The number of likely N-dealkylation sites (tertiary alicyclic amines) is 1. The molecule has 0 aromatic heterocycles. The minimum atomic E-state index is -0.107. The van der Waals surface area contributed by atoms with Crippen molar-refractivity contribution >= 4 is 34.9 Å². The Kier molecular flexibility index (Phi) is 4.23. The summed E-state index contributed by atoms with van der Waals surface area (Å²) >= 11 is 12.2. The van der Waals surface area contributed by atoms with E-state index < -0.39 is 0 Å². The van der Waals surface area contributed by atoms with Crippen LogP contribution < -0.4 is 0 Å². The fourth-order valence-corrected chi connectivity index (χ4v) is 3.92. The zero-order valence-corrected chi connectivity index (χ0v) is 13.2. The number of hydrogen-bond donors (Lipinski definition) is 0. The van der Waals surface area contributed by atoms with Crippen molar-refractivity contribution in [2.24, 2.45) is 5.92 Å². The summed E-state index contributed by atoms with van der Waals surface area (Å²) in [4.78, 5) is 26.6. The Morgan fingerprint density at radius 1 is 1.19 bits per heavy atom. The number of carbonyl (C=O) groups excluding carboxylic acids is 2. The molecule has 1 saturated heterocycles. The average Bonchev–Trinajstić information content (AvgIpc) is 3.09. The van der Waals surface area contributed by atoms with Crippen molar-refractivity contribution in [3.05, 3.63) is 33.8 Å². The molecule has 2 atom stereocenters. The first-order valence-corrected chi connectivity index (χ1v) is 8.13. The van der Waals surface area contributed by atoms with Crippen LogP contribution in [0.4, 0.5) is 0 Å². The van der Waals surface area contributed by atoms with Gasteiger partial charge in [-0.1, -0.05) is 29.3 Å². The van der Waals surface area contributed by atoms with E-state index in [9.17, 15) is 9.59 Å². The normalized spacial score (nSPS) is 25.6. The number of benzene rings is 1. The van der Waals surface area contributed by atoms with Crippen LogP contribution in [0.5, 0.6) is 0 Å². The molecule has 1 aliphatic heterocycles. The third-order valence-electron chi connectivity index (χ3n) is 4.56. The molecular weight excluding hydrogens is 309 g/mol. The van der Waals surface area contributed by atoms with Gasteiger partial charge in [0, 0.05) is 24.9 Å². The highest BCUT2D eigenvalue weighted by Gasteiger charge is 2.40. The van der Waals surface area contributed by atoms with E-state index in [1.54, 1.807) is 18.2 Å². The Morgan fingerprint density at radius 3 is 2.71 bits per heavy atom. The summed E-state index contributed by atoms with van der Waals surface area (Å²) in [5.41, 5.74) is 0.432. The standard InChI is InChI=1S/C16H17Cl2NO2/c17-12-6-1-5-11(15(12)18)16(21)19-9-3-7-13(19)10-4-2-8-14(10)20/h1,5-6,10,13H,2-4,7-9H2. The Bertz CT molecular complexity index is 588. The smallest absolute Gasteiger partial charge is 0.255 e. The van der Waals surface area contributed by atoms with E-state index >= 15 is 0 Å². The van der Waals surface area contributed by atoms with E-state index in [1.807, 2.05) is 4.90 Å². The average molecular weight is 326 g/mol. The highest BCUT2D eigenvalue weighted by Crippen LogP contribution is 2.35. The monoisotopic (exact) mass is 325 g/mol. The minimum Gasteiger partial charge on any atom is -0.335 e. The maximum absolute atomic E-state index is 12.8. The molecule has 0 bridgehead atoms. The number of nitrogens with zero attached hydrogens (tertiary/aromatic N) is 1. The summed E-state index contributed by atoms with van der Waals surface area (Å²) < 4.78 is 0. The largest absolute Gasteiger partial charge is 0.335 e. The lowest BCUT2D eigenvalue weighted by Gasteiger charge is -2.29. The third-order valence-corrected chi connectivity index (χ3v) is 5.38. The molecule has 1 heterocycles. The lowest BCUT2D eigenvalue weighted by atomic mass is 9.94. The van der Waals surface area contributed by atoms with Crippen LogP contribution in [-0.2, 0) is 4.79 Å². The third kappa shape index (κ3) is 2.69. The summed E-state index contributed by atoms with van der Waals surface area (Å²) in [6.45, 7) is 0.691. The number of ketones is 1. The number of halogens is 2. The minimum absolute atomic E-state index is 0.00871. The van der Waals surface area contributed by atoms with Gasteiger partial charge < -0.3 is 4.90 Å². The van der Waals surface area contributed by atoms with Crippen LogP contribution in [-0.4, -0.2) is 29.2 Å². The molecule has 1 aromatic rings. The Labute approximate surface area is 134 Å². The van der Waals surface area contributed by atoms with Crippen molar-refractivity contribution in [3.8, 4) is 0 Å². The first-order valence-electron chi connectivity index (χ1n) is 7.37. The first kappa shape index (κ1) is 14.9. The molecule has 112 valence electrons.